The standard InChI is InChI=1S/C13H24N4O3S/c1-5-17-12(9-11(16-17)10(3)4)13(18)14-7-8-15-21(19,20)6-2/h9-10,15H,5-8H2,1-4H3,(H,14,18). The second-order valence-electron chi connectivity index (χ2n) is 4.98. The van der Waals surface area contributed by atoms with Gasteiger partial charge < -0.3 is 5.32 Å². The van der Waals surface area contributed by atoms with Gasteiger partial charge in [-0.15, -0.1) is 0 Å². The van der Waals surface area contributed by atoms with Gasteiger partial charge in [-0.3, -0.25) is 9.48 Å². The highest BCUT2D eigenvalue weighted by atomic mass is 32.2. The Bertz CT molecular complexity index is 578. The number of aryl methyl sites for hydroxylation is 1. The van der Waals surface area contributed by atoms with Crippen LogP contribution in [0.1, 0.15) is 49.8 Å². The van der Waals surface area contributed by atoms with E-state index in [9.17, 15) is 13.2 Å². The second kappa shape index (κ2) is 7.56. The molecule has 1 heterocycles. The van der Waals surface area contributed by atoms with Crippen molar-refractivity contribution in [1.82, 2.24) is 19.8 Å². The number of aromatic nitrogens is 2. The fourth-order valence-electron chi connectivity index (χ4n) is 1.72. The van der Waals surface area contributed by atoms with Gasteiger partial charge in [0, 0.05) is 19.6 Å². The average molecular weight is 316 g/mol. The summed E-state index contributed by atoms with van der Waals surface area (Å²) in [6.07, 6.45) is 0. The Morgan fingerprint density at radius 2 is 2.00 bits per heavy atom. The first-order valence-corrected chi connectivity index (χ1v) is 8.79. The van der Waals surface area contributed by atoms with Gasteiger partial charge in [0.25, 0.3) is 5.91 Å². The maximum atomic E-state index is 12.1. The number of sulfonamides is 1. The van der Waals surface area contributed by atoms with Crippen LogP contribution in [0.3, 0.4) is 0 Å². The Labute approximate surface area is 126 Å². The molecule has 0 saturated heterocycles. The molecule has 120 valence electrons. The van der Waals surface area contributed by atoms with Crippen LogP contribution in [-0.4, -0.2) is 42.9 Å². The number of amides is 1. The maximum absolute atomic E-state index is 12.1. The fourth-order valence-corrected chi connectivity index (χ4v) is 2.34. The van der Waals surface area contributed by atoms with Gasteiger partial charge in [-0.25, -0.2) is 13.1 Å². The first-order valence-electron chi connectivity index (χ1n) is 7.14. The van der Waals surface area contributed by atoms with Crippen LogP contribution in [0.4, 0.5) is 0 Å². The van der Waals surface area contributed by atoms with E-state index in [4.69, 9.17) is 0 Å². The summed E-state index contributed by atoms with van der Waals surface area (Å²) in [5.74, 6) is 0.0362. The Kier molecular flexibility index (Phi) is 6.35. The van der Waals surface area contributed by atoms with E-state index >= 15 is 0 Å². The lowest BCUT2D eigenvalue weighted by atomic mass is 10.1. The van der Waals surface area contributed by atoms with E-state index in [1.54, 1.807) is 17.7 Å². The van der Waals surface area contributed by atoms with Gasteiger partial charge in [-0.05, 0) is 25.8 Å². The molecule has 1 rings (SSSR count). The monoisotopic (exact) mass is 316 g/mol. The lowest BCUT2D eigenvalue weighted by Gasteiger charge is -2.07. The molecule has 1 aromatic rings. The molecule has 0 spiro atoms. The van der Waals surface area contributed by atoms with E-state index in [0.29, 0.717) is 12.2 Å². The van der Waals surface area contributed by atoms with Crippen molar-refractivity contribution >= 4 is 15.9 Å². The SMILES string of the molecule is CCn1nc(C(C)C)cc1C(=O)NCCNS(=O)(=O)CC. The Morgan fingerprint density at radius 1 is 1.33 bits per heavy atom. The van der Waals surface area contributed by atoms with Crippen molar-refractivity contribution in [1.29, 1.82) is 0 Å². The Morgan fingerprint density at radius 3 is 2.52 bits per heavy atom. The summed E-state index contributed by atoms with van der Waals surface area (Å²) < 4.78 is 26.6. The van der Waals surface area contributed by atoms with Crippen LogP contribution in [-0.2, 0) is 16.6 Å². The first kappa shape index (κ1) is 17.6. The third kappa shape index (κ3) is 5.13. The molecule has 0 saturated carbocycles. The van der Waals surface area contributed by atoms with E-state index in [0.717, 1.165) is 5.69 Å². The van der Waals surface area contributed by atoms with Crippen LogP contribution in [0, 0.1) is 0 Å². The number of nitrogens with zero attached hydrogens (tertiary/aromatic N) is 2. The summed E-state index contributed by atoms with van der Waals surface area (Å²) in [5, 5.41) is 7.07. The molecule has 2 N–H and O–H groups in total. The van der Waals surface area contributed by atoms with Crippen molar-refractivity contribution in [3.63, 3.8) is 0 Å². The largest absolute Gasteiger partial charge is 0.349 e. The minimum absolute atomic E-state index is 0.0291. The van der Waals surface area contributed by atoms with Crippen molar-refractivity contribution in [2.24, 2.45) is 0 Å². The molecule has 0 radical (unpaired) electrons. The van der Waals surface area contributed by atoms with Gasteiger partial charge in [-0.2, -0.15) is 5.10 Å². The molecule has 0 atom stereocenters. The highest BCUT2D eigenvalue weighted by Crippen LogP contribution is 2.14. The van der Waals surface area contributed by atoms with Crippen molar-refractivity contribution in [3.05, 3.63) is 17.5 Å². The molecular formula is C13H24N4O3S. The molecule has 0 aliphatic rings. The molecule has 0 aliphatic carbocycles. The minimum atomic E-state index is -3.22. The van der Waals surface area contributed by atoms with Crippen LogP contribution < -0.4 is 10.0 Å². The van der Waals surface area contributed by atoms with E-state index in [1.165, 1.54) is 0 Å². The Balaban J connectivity index is 2.60. The van der Waals surface area contributed by atoms with Gasteiger partial charge in [0.05, 0.1) is 11.4 Å². The van der Waals surface area contributed by atoms with Crippen LogP contribution in [0.15, 0.2) is 6.07 Å². The molecular weight excluding hydrogens is 292 g/mol. The number of hydrogen-bond donors (Lipinski definition) is 2. The number of carbonyl (C=O) groups is 1. The average Bonchev–Trinajstić information content (AvgIpc) is 2.88. The zero-order valence-electron chi connectivity index (χ0n) is 13.0. The highest BCUT2D eigenvalue weighted by Gasteiger charge is 2.15. The summed E-state index contributed by atoms with van der Waals surface area (Å²) in [4.78, 5) is 12.1. The van der Waals surface area contributed by atoms with Crippen LogP contribution >= 0.6 is 0 Å². The minimum Gasteiger partial charge on any atom is -0.349 e. The lowest BCUT2D eigenvalue weighted by molar-refractivity contribution is 0.0943. The van der Waals surface area contributed by atoms with Gasteiger partial charge in [0.1, 0.15) is 5.69 Å². The summed E-state index contributed by atoms with van der Waals surface area (Å²) in [6.45, 7) is 8.55. The molecule has 0 aliphatic heterocycles. The molecule has 1 aromatic heterocycles. The first-order chi connectivity index (χ1) is 9.80. The molecule has 1 amide bonds. The second-order valence-corrected chi connectivity index (χ2v) is 7.07. The predicted octanol–water partition coefficient (Wildman–Crippen LogP) is 0.696. The number of nitrogens with one attached hydrogen (secondary N) is 2. The van der Waals surface area contributed by atoms with Crippen molar-refractivity contribution in [2.75, 3.05) is 18.8 Å². The summed E-state index contributed by atoms with van der Waals surface area (Å²) in [6, 6.07) is 1.78. The summed E-state index contributed by atoms with van der Waals surface area (Å²) in [5.41, 5.74) is 1.37. The molecule has 0 aromatic carbocycles. The van der Waals surface area contributed by atoms with Crippen molar-refractivity contribution < 1.29 is 13.2 Å². The third-order valence-electron chi connectivity index (χ3n) is 3.04. The van der Waals surface area contributed by atoms with Crippen molar-refractivity contribution in [2.45, 2.75) is 40.2 Å². The zero-order chi connectivity index (χ0) is 16.0. The fraction of sp³-hybridized carbons (Fsp3) is 0.692. The molecule has 7 nitrogen and oxygen atoms in total. The molecule has 8 heteroatoms. The van der Waals surface area contributed by atoms with Crippen LogP contribution in [0.5, 0.6) is 0 Å². The van der Waals surface area contributed by atoms with Gasteiger partial charge in [0.15, 0.2) is 0 Å². The zero-order valence-corrected chi connectivity index (χ0v) is 13.8. The van der Waals surface area contributed by atoms with Crippen LogP contribution in [0.25, 0.3) is 0 Å². The number of hydrogen-bond acceptors (Lipinski definition) is 4. The van der Waals surface area contributed by atoms with Gasteiger partial charge in [-0.1, -0.05) is 13.8 Å². The van der Waals surface area contributed by atoms with E-state index in [2.05, 4.69) is 15.1 Å². The predicted molar refractivity (Wildman–Crippen MR) is 81.8 cm³/mol. The van der Waals surface area contributed by atoms with Crippen molar-refractivity contribution in [3.8, 4) is 0 Å². The maximum Gasteiger partial charge on any atom is 0.269 e. The Hall–Kier alpha value is -1.41. The smallest absolute Gasteiger partial charge is 0.269 e. The normalized spacial score (nSPS) is 11.9. The van der Waals surface area contributed by atoms with Gasteiger partial charge in [0.2, 0.25) is 10.0 Å². The van der Waals surface area contributed by atoms with Crippen LogP contribution in [0.2, 0.25) is 0 Å². The topological polar surface area (TPSA) is 93.1 Å². The van der Waals surface area contributed by atoms with E-state index in [1.807, 2.05) is 20.8 Å². The summed E-state index contributed by atoms with van der Waals surface area (Å²) in [7, 11) is -3.22. The highest BCUT2D eigenvalue weighted by molar-refractivity contribution is 7.89. The number of carbonyl (C=O) groups excluding carboxylic acids is 1. The number of rotatable bonds is 8. The molecule has 0 fully saturated rings. The quantitative estimate of drug-likeness (QED) is 0.690. The summed E-state index contributed by atoms with van der Waals surface area (Å²) >= 11 is 0. The third-order valence-corrected chi connectivity index (χ3v) is 4.44. The molecule has 0 unspecified atom stereocenters. The lowest BCUT2D eigenvalue weighted by Crippen LogP contribution is -2.36. The molecule has 21 heavy (non-hydrogen) atoms. The molecule has 0 bridgehead atoms. The van der Waals surface area contributed by atoms with E-state index in [-0.39, 0.29) is 30.7 Å². The van der Waals surface area contributed by atoms with E-state index < -0.39 is 10.0 Å². The van der Waals surface area contributed by atoms with Gasteiger partial charge >= 0.3 is 0 Å².